The smallest absolute Gasteiger partial charge is 0.283 e. The molecule has 0 bridgehead atoms. The minimum atomic E-state index is -0.361. The molecule has 0 spiro atoms. The lowest BCUT2D eigenvalue weighted by molar-refractivity contribution is 0.538. The summed E-state index contributed by atoms with van der Waals surface area (Å²) in [5.41, 5.74) is 0.219. The lowest BCUT2D eigenvalue weighted by Crippen LogP contribution is -2.31. The normalized spacial score (nSPS) is 11.6. The van der Waals surface area contributed by atoms with Gasteiger partial charge in [-0.05, 0) is 36.2 Å². The van der Waals surface area contributed by atoms with E-state index >= 15 is 0 Å². The minimum Gasteiger partial charge on any atom is -0.371 e. The van der Waals surface area contributed by atoms with E-state index in [-0.39, 0.29) is 11.1 Å². The monoisotopic (exact) mass is 370 g/mol. The summed E-state index contributed by atoms with van der Waals surface area (Å²) in [4.78, 5) is 16.6. The van der Waals surface area contributed by atoms with Crippen molar-refractivity contribution >= 4 is 33.0 Å². The van der Waals surface area contributed by atoms with Crippen LogP contribution >= 0.6 is 27.3 Å². The molecule has 0 fully saturated rings. The molecule has 0 aliphatic carbocycles. The van der Waals surface area contributed by atoms with Gasteiger partial charge in [-0.1, -0.05) is 13.3 Å². The topological polar surface area (TPSA) is 59.8 Å². The molecule has 0 atom stereocenters. The largest absolute Gasteiger partial charge is 0.371 e. The number of nitrogens with one attached hydrogen (secondary N) is 1. The Kier molecular flexibility index (Phi) is 5.16. The molecule has 2 heterocycles. The van der Waals surface area contributed by atoms with Gasteiger partial charge in [0.2, 0.25) is 0 Å². The third-order valence-corrected chi connectivity index (χ3v) is 4.99. The summed E-state index contributed by atoms with van der Waals surface area (Å²) in [6.07, 6.45) is 5.44. The average molecular weight is 371 g/mol. The average Bonchev–Trinajstić information content (AvgIpc) is 2.98. The van der Waals surface area contributed by atoms with Crippen LogP contribution in [0.1, 0.15) is 38.6 Å². The SMILES string of the molecule is CCCCn1ncc(NC(C)(C)c2nccs2)c(Br)c1=O. The number of nitrogens with zero attached hydrogens (tertiary/aromatic N) is 3. The summed E-state index contributed by atoms with van der Waals surface area (Å²) < 4.78 is 2.01. The van der Waals surface area contributed by atoms with E-state index in [2.05, 4.69) is 38.3 Å². The van der Waals surface area contributed by atoms with Gasteiger partial charge in [0.1, 0.15) is 9.48 Å². The fraction of sp³-hybridized carbons (Fsp3) is 0.500. The highest BCUT2D eigenvalue weighted by Gasteiger charge is 2.24. The standard InChI is InChI=1S/C14H19BrN4OS/c1-4-5-7-19-12(20)11(15)10(9-17-19)18-14(2,3)13-16-6-8-21-13/h6,8-9,18H,4-5,7H2,1-3H3. The molecule has 21 heavy (non-hydrogen) atoms. The number of aryl methyl sites for hydroxylation is 1. The van der Waals surface area contributed by atoms with Gasteiger partial charge in [0.25, 0.3) is 5.56 Å². The maximum Gasteiger partial charge on any atom is 0.283 e. The van der Waals surface area contributed by atoms with Gasteiger partial charge in [-0.15, -0.1) is 11.3 Å². The van der Waals surface area contributed by atoms with Crippen LogP contribution in [-0.2, 0) is 12.1 Å². The van der Waals surface area contributed by atoms with Gasteiger partial charge in [-0.3, -0.25) is 4.79 Å². The highest BCUT2D eigenvalue weighted by molar-refractivity contribution is 9.10. The Labute approximate surface area is 136 Å². The van der Waals surface area contributed by atoms with Crippen LogP contribution in [0.5, 0.6) is 0 Å². The van der Waals surface area contributed by atoms with Crippen molar-refractivity contribution in [1.29, 1.82) is 0 Å². The molecule has 0 aromatic carbocycles. The molecule has 0 saturated carbocycles. The Morgan fingerprint density at radius 1 is 1.48 bits per heavy atom. The zero-order chi connectivity index (χ0) is 15.5. The van der Waals surface area contributed by atoms with Crippen molar-refractivity contribution in [2.45, 2.75) is 45.7 Å². The molecule has 7 heteroatoms. The first kappa shape index (κ1) is 16.2. The number of unbranched alkanes of at least 4 members (excludes halogenated alkanes) is 1. The number of thiazole rings is 1. The fourth-order valence-electron chi connectivity index (χ4n) is 1.94. The van der Waals surface area contributed by atoms with Crippen molar-refractivity contribution in [3.05, 3.63) is 37.6 Å². The van der Waals surface area contributed by atoms with Crippen LogP contribution in [0.4, 0.5) is 5.69 Å². The maximum absolute atomic E-state index is 12.3. The lowest BCUT2D eigenvalue weighted by atomic mass is 10.1. The Morgan fingerprint density at radius 3 is 2.86 bits per heavy atom. The molecule has 2 rings (SSSR count). The summed E-state index contributed by atoms with van der Waals surface area (Å²) in [7, 11) is 0. The Hall–Kier alpha value is -1.21. The van der Waals surface area contributed by atoms with Crippen LogP contribution in [0.3, 0.4) is 0 Å². The van der Waals surface area contributed by atoms with Crippen LogP contribution in [0, 0.1) is 0 Å². The molecule has 2 aromatic heterocycles. The number of anilines is 1. The third-order valence-electron chi connectivity index (χ3n) is 3.12. The van der Waals surface area contributed by atoms with Gasteiger partial charge in [-0.25, -0.2) is 9.67 Å². The van der Waals surface area contributed by atoms with Gasteiger partial charge in [0, 0.05) is 18.1 Å². The van der Waals surface area contributed by atoms with E-state index in [4.69, 9.17) is 0 Å². The first-order chi connectivity index (χ1) is 9.95. The highest BCUT2D eigenvalue weighted by atomic mass is 79.9. The van der Waals surface area contributed by atoms with E-state index in [1.165, 1.54) is 4.68 Å². The van der Waals surface area contributed by atoms with Gasteiger partial charge in [0.15, 0.2) is 0 Å². The van der Waals surface area contributed by atoms with Gasteiger partial charge >= 0.3 is 0 Å². The molecular formula is C14H19BrN4OS. The van der Waals surface area contributed by atoms with Crippen molar-refractivity contribution in [2.75, 3.05) is 5.32 Å². The molecule has 0 unspecified atom stereocenters. The van der Waals surface area contributed by atoms with E-state index in [1.54, 1.807) is 23.7 Å². The van der Waals surface area contributed by atoms with Crippen LogP contribution in [0.2, 0.25) is 0 Å². The van der Waals surface area contributed by atoms with E-state index in [0.29, 0.717) is 16.7 Å². The predicted octanol–water partition coefficient (Wildman–Crippen LogP) is 3.61. The lowest BCUT2D eigenvalue weighted by Gasteiger charge is -2.25. The van der Waals surface area contributed by atoms with Gasteiger partial charge < -0.3 is 5.32 Å². The Morgan fingerprint density at radius 2 is 2.24 bits per heavy atom. The van der Waals surface area contributed by atoms with E-state index in [1.807, 2.05) is 19.2 Å². The third kappa shape index (κ3) is 3.71. The molecular weight excluding hydrogens is 352 g/mol. The molecule has 0 saturated heterocycles. The zero-order valence-electron chi connectivity index (χ0n) is 12.4. The second kappa shape index (κ2) is 6.70. The Bertz CT molecular complexity index is 651. The quantitative estimate of drug-likeness (QED) is 0.843. The van der Waals surface area contributed by atoms with Crippen LogP contribution < -0.4 is 10.9 Å². The summed E-state index contributed by atoms with van der Waals surface area (Å²) in [6, 6.07) is 0. The highest BCUT2D eigenvalue weighted by Crippen LogP contribution is 2.29. The number of hydrogen-bond acceptors (Lipinski definition) is 5. The van der Waals surface area contributed by atoms with Crippen molar-refractivity contribution in [1.82, 2.24) is 14.8 Å². The number of aromatic nitrogens is 3. The molecule has 2 aromatic rings. The molecule has 1 N–H and O–H groups in total. The van der Waals surface area contributed by atoms with Crippen molar-refractivity contribution in [2.24, 2.45) is 0 Å². The van der Waals surface area contributed by atoms with Crippen molar-refractivity contribution < 1.29 is 0 Å². The minimum absolute atomic E-state index is 0.108. The van der Waals surface area contributed by atoms with Gasteiger partial charge in [0.05, 0.1) is 17.4 Å². The molecule has 5 nitrogen and oxygen atoms in total. The van der Waals surface area contributed by atoms with Crippen molar-refractivity contribution in [3.63, 3.8) is 0 Å². The number of hydrogen-bond donors (Lipinski definition) is 1. The first-order valence-electron chi connectivity index (χ1n) is 6.89. The van der Waals surface area contributed by atoms with E-state index in [9.17, 15) is 4.79 Å². The maximum atomic E-state index is 12.3. The first-order valence-corrected chi connectivity index (χ1v) is 8.56. The summed E-state index contributed by atoms with van der Waals surface area (Å²) in [6.45, 7) is 6.79. The molecule has 0 radical (unpaired) electrons. The predicted molar refractivity (Wildman–Crippen MR) is 89.9 cm³/mol. The summed E-state index contributed by atoms with van der Waals surface area (Å²) in [5.74, 6) is 0. The number of halogens is 1. The molecule has 114 valence electrons. The second-order valence-electron chi connectivity index (χ2n) is 5.34. The molecule has 0 aliphatic heterocycles. The summed E-state index contributed by atoms with van der Waals surface area (Å²) >= 11 is 4.97. The molecule has 0 aliphatic rings. The van der Waals surface area contributed by atoms with Crippen molar-refractivity contribution in [3.8, 4) is 0 Å². The van der Waals surface area contributed by atoms with Gasteiger partial charge in [-0.2, -0.15) is 5.10 Å². The zero-order valence-corrected chi connectivity index (χ0v) is 14.8. The molecule has 0 amide bonds. The summed E-state index contributed by atoms with van der Waals surface area (Å²) in [5, 5.41) is 10.5. The number of rotatable bonds is 6. The van der Waals surface area contributed by atoms with Crippen LogP contribution in [0.15, 0.2) is 27.0 Å². The Balaban J connectivity index is 2.25. The van der Waals surface area contributed by atoms with E-state index in [0.717, 1.165) is 17.8 Å². The fourth-order valence-corrected chi connectivity index (χ4v) is 3.07. The van der Waals surface area contributed by atoms with Crippen LogP contribution in [0.25, 0.3) is 0 Å². The second-order valence-corrected chi connectivity index (χ2v) is 7.03. The van der Waals surface area contributed by atoms with Crippen LogP contribution in [-0.4, -0.2) is 14.8 Å². The van der Waals surface area contributed by atoms with E-state index < -0.39 is 0 Å².